The number of aliphatic carboxylic acids is 1. The van der Waals surface area contributed by atoms with Crippen molar-refractivity contribution in [3.8, 4) is 23.0 Å². The van der Waals surface area contributed by atoms with E-state index in [1.54, 1.807) is 30.3 Å². The Balaban J connectivity index is 1.80. The average Bonchev–Trinajstić information content (AvgIpc) is 2.82. The quantitative estimate of drug-likeness (QED) is 0.361. The highest BCUT2D eigenvalue weighted by Gasteiger charge is 2.20. The fourth-order valence-electron chi connectivity index (χ4n) is 3.15. The summed E-state index contributed by atoms with van der Waals surface area (Å²) in [7, 11) is -3.89. The van der Waals surface area contributed by atoms with Crippen LogP contribution in [-0.2, 0) is 21.1 Å². The topological polar surface area (TPSA) is 99.1 Å². The molecule has 0 spiro atoms. The molecule has 0 fully saturated rings. The SMILES string of the molecule is CCCOc1ccc(Oc2ccc(S(=O)(=O)c3cc(CC(=O)O)cc(OCCC)c3)cc2)cc1. The molecule has 0 amide bonds. The van der Waals surface area contributed by atoms with E-state index in [1.165, 1.54) is 24.3 Å². The van der Waals surface area contributed by atoms with Crippen LogP contribution in [0.1, 0.15) is 32.3 Å². The average molecular weight is 485 g/mol. The molecule has 0 bridgehead atoms. The van der Waals surface area contributed by atoms with Crippen LogP contribution in [0.15, 0.2) is 76.5 Å². The van der Waals surface area contributed by atoms with E-state index in [2.05, 4.69) is 0 Å². The van der Waals surface area contributed by atoms with E-state index in [-0.39, 0.29) is 16.2 Å². The third kappa shape index (κ3) is 6.74. The van der Waals surface area contributed by atoms with E-state index in [1.807, 2.05) is 26.0 Å². The normalized spacial score (nSPS) is 11.1. The van der Waals surface area contributed by atoms with Crippen LogP contribution in [0.2, 0.25) is 0 Å². The molecule has 0 heterocycles. The van der Waals surface area contributed by atoms with Crippen molar-refractivity contribution in [2.24, 2.45) is 0 Å². The van der Waals surface area contributed by atoms with Gasteiger partial charge in [-0.1, -0.05) is 13.8 Å². The van der Waals surface area contributed by atoms with Crippen molar-refractivity contribution < 1.29 is 32.5 Å². The summed E-state index contributed by atoms with van der Waals surface area (Å²) in [5.41, 5.74) is 0.353. The molecule has 1 N–H and O–H groups in total. The molecule has 0 aromatic heterocycles. The van der Waals surface area contributed by atoms with Crippen LogP contribution in [0.5, 0.6) is 23.0 Å². The predicted molar refractivity (Wildman–Crippen MR) is 128 cm³/mol. The summed E-state index contributed by atoms with van der Waals surface area (Å²) in [4.78, 5) is 11.2. The molecular weight excluding hydrogens is 456 g/mol. The zero-order valence-electron chi connectivity index (χ0n) is 19.2. The van der Waals surface area contributed by atoms with Gasteiger partial charge in [-0.05, 0) is 85.1 Å². The molecule has 180 valence electrons. The molecule has 0 aliphatic heterocycles. The summed E-state index contributed by atoms with van der Waals surface area (Å²) in [6.45, 7) is 5.00. The fraction of sp³-hybridized carbons (Fsp3) is 0.269. The van der Waals surface area contributed by atoms with Crippen LogP contribution >= 0.6 is 0 Å². The number of hydrogen-bond donors (Lipinski definition) is 1. The maximum Gasteiger partial charge on any atom is 0.307 e. The minimum absolute atomic E-state index is 0.0197. The Labute approximate surface area is 199 Å². The Morgan fingerprint density at radius 3 is 1.82 bits per heavy atom. The summed E-state index contributed by atoms with van der Waals surface area (Å²) >= 11 is 0. The van der Waals surface area contributed by atoms with Gasteiger partial charge in [0.15, 0.2) is 0 Å². The maximum atomic E-state index is 13.2. The van der Waals surface area contributed by atoms with Crippen molar-refractivity contribution in [3.63, 3.8) is 0 Å². The first-order chi connectivity index (χ1) is 16.3. The number of rotatable bonds is 12. The Morgan fingerprint density at radius 1 is 0.735 bits per heavy atom. The van der Waals surface area contributed by atoms with Crippen molar-refractivity contribution in [2.45, 2.75) is 42.9 Å². The minimum Gasteiger partial charge on any atom is -0.494 e. The predicted octanol–water partition coefficient (Wildman–Crippen LogP) is 5.52. The smallest absolute Gasteiger partial charge is 0.307 e. The number of carbonyl (C=O) groups is 1. The van der Waals surface area contributed by atoms with Crippen molar-refractivity contribution in [1.82, 2.24) is 0 Å². The standard InChI is InChI=1S/C26H28O7S/c1-3-13-31-20-5-7-21(8-6-20)33-22-9-11-24(12-10-22)34(29,30)25-16-19(17-26(27)28)15-23(18-25)32-14-4-2/h5-12,15-16,18H,3-4,13-14,17H2,1-2H3,(H,27,28). The third-order valence-corrected chi connectivity index (χ3v) is 6.49. The molecule has 3 aromatic carbocycles. The second-order valence-electron chi connectivity index (χ2n) is 7.63. The highest BCUT2D eigenvalue weighted by Crippen LogP contribution is 2.29. The van der Waals surface area contributed by atoms with E-state index in [0.717, 1.165) is 18.6 Å². The molecule has 0 aliphatic carbocycles. The van der Waals surface area contributed by atoms with Gasteiger partial charge in [-0.25, -0.2) is 8.42 Å². The van der Waals surface area contributed by atoms with Gasteiger partial charge in [0.05, 0.1) is 29.4 Å². The number of hydrogen-bond acceptors (Lipinski definition) is 6. The van der Waals surface area contributed by atoms with Crippen LogP contribution in [0, 0.1) is 0 Å². The lowest BCUT2D eigenvalue weighted by Gasteiger charge is -2.12. The molecule has 3 rings (SSSR count). The van der Waals surface area contributed by atoms with Gasteiger partial charge in [-0.3, -0.25) is 4.79 Å². The van der Waals surface area contributed by atoms with Gasteiger partial charge in [-0.2, -0.15) is 0 Å². The molecule has 0 aliphatic rings. The van der Waals surface area contributed by atoms with Crippen LogP contribution < -0.4 is 14.2 Å². The largest absolute Gasteiger partial charge is 0.494 e. The van der Waals surface area contributed by atoms with E-state index in [0.29, 0.717) is 36.0 Å². The van der Waals surface area contributed by atoms with Gasteiger partial charge in [0, 0.05) is 0 Å². The summed E-state index contributed by atoms with van der Waals surface area (Å²) in [6.07, 6.45) is 1.35. The first-order valence-electron chi connectivity index (χ1n) is 11.1. The molecular formula is C26H28O7S. The van der Waals surface area contributed by atoms with E-state index in [4.69, 9.17) is 19.3 Å². The highest BCUT2D eigenvalue weighted by atomic mass is 32.2. The Hall–Kier alpha value is -3.52. The molecule has 0 unspecified atom stereocenters. The van der Waals surface area contributed by atoms with Crippen molar-refractivity contribution in [2.75, 3.05) is 13.2 Å². The van der Waals surface area contributed by atoms with Crippen LogP contribution in [0.4, 0.5) is 0 Å². The second kappa shape index (κ2) is 11.6. The summed E-state index contributed by atoms with van der Waals surface area (Å²) < 4.78 is 43.4. The Bertz CT molecular complexity index is 1200. The summed E-state index contributed by atoms with van der Waals surface area (Å²) in [6, 6.07) is 17.6. The maximum absolute atomic E-state index is 13.2. The van der Waals surface area contributed by atoms with Crippen molar-refractivity contribution in [1.29, 1.82) is 0 Å². The zero-order valence-corrected chi connectivity index (χ0v) is 20.0. The molecule has 3 aromatic rings. The fourth-order valence-corrected chi connectivity index (χ4v) is 4.49. The molecule has 0 radical (unpaired) electrons. The van der Waals surface area contributed by atoms with Gasteiger partial charge in [0.25, 0.3) is 0 Å². The van der Waals surface area contributed by atoms with E-state index < -0.39 is 15.8 Å². The van der Waals surface area contributed by atoms with Crippen molar-refractivity contribution in [3.05, 3.63) is 72.3 Å². The highest BCUT2D eigenvalue weighted by molar-refractivity contribution is 7.91. The monoisotopic (exact) mass is 484 g/mol. The number of ether oxygens (including phenoxy) is 3. The van der Waals surface area contributed by atoms with E-state index in [9.17, 15) is 13.2 Å². The van der Waals surface area contributed by atoms with Gasteiger partial charge in [0.1, 0.15) is 23.0 Å². The Morgan fingerprint density at radius 2 is 1.26 bits per heavy atom. The number of carboxylic acids is 1. The zero-order chi connectivity index (χ0) is 24.6. The molecule has 34 heavy (non-hydrogen) atoms. The first-order valence-corrected chi connectivity index (χ1v) is 12.5. The van der Waals surface area contributed by atoms with Gasteiger partial charge in [0.2, 0.25) is 9.84 Å². The second-order valence-corrected chi connectivity index (χ2v) is 9.58. The van der Waals surface area contributed by atoms with Crippen LogP contribution in [0.25, 0.3) is 0 Å². The lowest BCUT2D eigenvalue weighted by atomic mass is 10.1. The lowest BCUT2D eigenvalue weighted by Crippen LogP contribution is -2.07. The van der Waals surface area contributed by atoms with Gasteiger partial charge >= 0.3 is 5.97 Å². The third-order valence-electron chi connectivity index (χ3n) is 4.74. The van der Waals surface area contributed by atoms with Crippen molar-refractivity contribution >= 4 is 15.8 Å². The summed E-state index contributed by atoms with van der Waals surface area (Å²) in [5, 5.41) is 9.14. The number of sulfone groups is 1. The minimum atomic E-state index is -3.89. The molecule has 7 nitrogen and oxygen atoms in total. The lowest BCUT2D eigenvalue weighted by molar-refractivity contribution is -0.136. The molecule has 0 saturated heterocycles. The van der Waals surface area contributed by atoms with Gasteiger partial charge in [-0.15, -0.1) is 0 Å². The van der Waals surface area contributed by atoms with Crippen LogP contribution in [-0.4, -0.2) is 32.7 Å². The Kier molecular flexibility index (Phi) is 8.54. The van der Waals surface area contributed by atoms with Gasteiger partial charge < -0.3 is 19.3 Å². The number of benzene rings is 3. The molecule has 0 saturated carbocycles. The molecule has 0 atom stereocenters. The first kappa shape index (κ1) is 25.1. The summed E-state index contributed by atoms with van der Waals surface area (Å²) in [5.74, 6) is 1.10. The molecule has 8 heteroatoms. The van der Waals surface area contributed by atoms with Crippen LogP contribution in [0.3, 0.4) is 0 Å². The number of carboxylic acid groups (broad SMARTS) is 1. The van der Waals surface area contributed by atoms with E-state index >= 15 is 0 Å².